The van der Waals surface area contributed by atoms with Crippen LogP contribution < -0.4 is 4.90 Å². The van der Waals surface area contributed by atoms with Crippen LogP contribution in [0.5, 0.6) is 0 Å². The highest BCUT2D eigenvalue weighted by molar-refractivity contribution is 5.86. The average molecular weight is 325 g/mol. The first-order valence-electron chi connectivity index (χ1n) is 8.11. The molecule has 6 heteroatoms. The monoisotopic (exact) mass is 325 g/mol. The predicted octanol–water partition coefficient (Wildman–Crippen LogP) is 1.94. The van der Waals surface area contributed by atoms with Crippen LogP contribution in [0.2, 0.25) is 0 Å². The number of aromatic nitrogens is 2. The third-order valence-electron chi connectivity index (χ3n) is 4.86. The van der Waals surface area contributed by atoms with E-state index in [-0.39, 0.29) is 11.3 Å². The number of hydrogen-bond donors (Lipinski definition) is 0. The lowest BCUT2D eigenvalue weighted by molar-refractivity contribution is -0.0594. The highest BCUT2D eigenvalue weighted by atomic mass is 16.5. The van der Waals surface area contributed by atoms with E-state index in [4.69, 9.17) is 4.74 Å². The molecule has 2 aromatic rings. The zero-order chi connectivity index (χ0) is 16.6. The SMILES string of the molecule is COC(=O)c1ccc(N2CCOC3(CCc4ccccc43)C2)nn1. The number of rotatable bonds is 2. The second kappa shape index (κ2) is 5.87. The van der Waals surface area contributed by atoms with Crippen LogP contribution in [-0.4, -0.2) is 43.0 Å². The minimum atomic E-state index is -0.475. The molecule has 24 heavy (non-hydrogen) atoms. The second-order valence-corrected chi connectivity index (χ2v) is 6.19. The summed E-state index contributed by atoms with van der Waals surface area (Å²) in [5.74, 6) is 0.284. The maximum atomic E-state index is 11.5. The van der Waals surface area contributed by atoms with Crippen molar-refractivity contribution in [3.8, 4) is 0 Å². The molecule has 1 unspecified atom stereocenters. The minimum Gasteiger partial charge on any atom is -0.464 e. The number of anilines is 1. The molecule has 1 atom stereocenters. The fourth-order valence-corrected chi connectivity index (χ4v) is 3.66. The van der Waals surface area contributed by atoms with Gasteiger partial charge in [0.05, 0.1) is 20.3 Å². The average Bonchev–Trinajstić information content (AvgIpc) is 2.99. The maximum Gasteiger partial charge on any atom is 0.358 e. The summed E-state index contributed by atoms with van der Waals surface area (Å²) in [6.07, 6.45) is 2.02. The number of hydrogen-bond acceptors (Lipinski definition) is 6. The van der Waals surface area contributed by atoms with E-state index in [0.717, 1.165) is 31.7 Å². The van der Waals surface area contributed by atoms with Crippen molar-refractivity contribution >= 4 is 11.8 Å². The molecule has 0 saturated carbocycles. The van der Waals surface area contributed by atoms with Crippen LogP contribution in [0.15, 0.2) is 36.4 Å². The summed E-state index contributed by atoms with van der Waals surface area (Å²) in [6.45, 7) is 2.15. The Morgan fingerprint density at radius 2 is 2.12 bits per heavy atom. The van der Waals surface area contributed by atoms with Gasteiger partial charge >= 0.3 is 5.97 Å². The van der Waals surface area contributed by atoms with E-state index >= 15 is 0 Å². The van der Waals surface area contributed by atoms with Gasteiger partial charge in [-0.25, -0.2) is 4.79 Å². The lowest BCUT2D eigenvalue weighted by Crippen LogP contribution is -2.49. The van der Waals surface area contributed by atoms with E-state index in [1.807, 2.05) is 6.07 Å². The summed E-state index contributed by atoms with van der Waals surface area (Å²) in [5, 5.41) is 8.18. The zero-order valence-corrected chi connectivity index (χ0v) is 13.6. The molecule has 4 rings (SSSR count). The van der Waals surface area contributed by atoms with E-state index < -0.39 is 5.97 Å². The second-order valence-electron chi connectivity index (χ2n) is 6.19. The fourth-order valence-electron chi connectivity index (χ4n) is 3.66. The highest BCUT2D eigenvalue weighted by Crippen LogP contribution is 2.42. The number of methoxy groups -OCH3 is 1. The molecule has 1 saturated heterocycles. The molecule has 1 aromatic heterocycles. The smallest absolute Gasteiger partial charge is 0.358 e. The Kier molecular flexibility index (Phi) is 3.69. The molecule has 1 spiro atoms. The van der Waals surface area contributed by atoms with E-state index in [1.165, 1.54) is 18.2 Å². The van der Waals surface area contributed by atoms with Crippen LogP contribution in [0, 0.1) is 0 Å². The van der Waals surface area contributed by atoms with Crippen molar-refractivity contribution in [2.45, 2.75) is 18.4 Å². The summed E-state index contributed by atoms with van der Waals surface area (Å²) in [6, 6.07) is 12.0. The first-order valence-corrected chi connectivity index (χ1v) is 8.11. The number of carbonyl (C=O) groups excluding carboxylic acids is 1. The molecule has 1 aliphatic heterocycles. The van der Waals surface area contributed by atoms with Crippen molar-refractivity contribution in [1.29, 1.82) is 0 Å². The fraction of sp³-hybridized carbons (Fsp3) is 0.389. The first-order chi connectivity index (χ1) is 11.7. The van der Waals surface area contributed by atoms with Gasteiger partial charge in [-0.1, -0.05) is 24.3 Å². The van der Waals surface area contributed by atoms with E-state index in [1.54, 1.807) is 6.07 Å². The molecule has 124 valence electrons. The number of ether oxygens (including phenoxy) is 2. The summed E-state index contributed by atoms with van der Waals surface area (Å²) in [4.78, 5) is 13.7. The molecular weight excluding hydrogens is 306 g/mol. The molecule has 0 bridgehead atoms. The number of nitrogens with zero attached hydrogens (tertiary/aromatic N) is 3. The van der Waals surface area contributed by atoms with Gasteiger partial charge in [0.2, 0.25) is 0 Å². The van der Waals surface area contributed by atoms with Crippen molar-refractivity contribution < 1.29 is 14.3 Å². The van der Waals surface area contributed by atoms with Gasteiger partial charge < -0.3 is 14.4 Å². The first kappa shape index (κ1) is 15.1. The minimum absolute atomic E-state index is 0.218. The molecular formula is C18H19N3O3. The normalized spacial score (nSPS) is 22.5. The Hall–Kier alpha value is -2.47. The van der Waals surface area contributed by atoms with E-state index in [0.29, 0.717) is 6.61 Å². The molecule has 1 aliphatic carbocycles. The molecule has 2 aliphatic rings. The standard InChI is InChI=1S/C18H19N3O3/c1-23-17(22)15-6-7-16(20-19-15)21-10-11-24-18(12-21)9-8-13-4-2-3-5-14(13)18/h2-7H,8-12H2,1H3. The lowest BCUT2D eigenvalue weighted by atomic mass is 9.93. The number of esters is 1. The number of morpholine rings is 1. The molecule has 0 radical (unpaired) electrons. The Bertz CT molecular complexity index is 758. The molecule has 6 nitrogen and oxygen atoms in total. The summed E-state index contributed by atoms with van der Waals surface area (Å²) in [7, 11) is 1.33. The Morgan fingerprint density at radius 3 is 2.92 bits per heavy atom. The number of carbonyl (C=O) groups is 1. The lowest BCUT2D eigenvalue weighted by Gasteiger charge is -2.41. The van der Waals surface area contributed by atoms with Crippen molar-refractivity contribution in [3.05, 3.63) is 53.2 Å². The van der Waals surface area contributed by atoms with E-state index in [2.05, 4.69) is 44.1 Å². The third kappa shape index (κ3) is 2.43. The van der Waals surface area contributed by atoms with Gasteiger partial charge in [0.15, 0.2) is 11.5 Å². The molecule has 1 aromatic carbocycles. The number of fused-ring (bicyclic) bond motifs is 2. The van der Waals surface area contributed by atoms with Gasteiger partial charge in [0.25, 0.3) is 0 Å². The van der Waals surface area contributed by atoms with Crippen molar-refractivity contribution in [1.82, 2.24) is 10.2 Å². The Balaban J connectivity index is 1.59. The van der Waals surface area contributed by atoms with Gasteiger partial charge in [-0.05, 0) is 36.1 Å². The van der Waals surface area contributed by atoms with E-state index in [9.17, 15) is 4.79 Å². The van der Waals surface area contributed by atoms with Crippen molar-refractivity contribution in [2.24, 2.45) is 0 Å². The van der Waals surface area contributed by atoms with Gasteiger partial charge in [-0.3, -0.25) is 0 Å². The Labute approximate surface area is 140 Å². The van der Waals surface area contributed by atoms with Crippen LogP contribution in [0.4, 0.5) is 5.82 Å². The quantitative estimate of drug-likeness (QED) is 0.786. The maximum absolute atomic E-state index is 11.5. The van der Waals surface area contributed by atoms with Crippen LogP contribution >= 0.6 is 0 Å². The number of benzene rings is 1. The molecule has 1 fully saturated rings. The van der Waals surface area contributed by atoms with Crippen LogP contribution in [-0.2, 0) is 21.5 Å². The summed E-state index contributed by atoms with van der Waals surface area (Å²) in [5.41, 5.74) is 2.60. The Morgan fingerprint density at radius 1 is 1.25 bits per heavy atom. The zero-order valence-electron chi connectivity index (χ0n) is 13.6. The van der Waals surface area contributed by atoms with Gasteiger partial charge in [-0.2, -0.15) is 0 Å². The molecule has 2 heterocycles. The van der Waals surface area contributed by atoms with Crippen LogP contribution in [0.1, 0.15) is 28.0 Å². The van der Waals surface area contributed by atoms with Gasteiger partial charge in [-0.15, -0.1) is 10.2 Å². The predicted molar refractivity (Wildman–Crippen MR) is 88.0 cm³/mol. The van der Waals surface area contributed by atoms with Crippen LogP contribution in [0.25, 0.3) is 0 Å². The summed E-state index contributed by atoms with van der Waals surface area (Å²) < 4.78 is 10.9. The topological polar surface area (TPSA) is 64.5 Å². The van der Waals surface area contributed by atoms with Gasteiger partial charge in [0.1, 0.15) is 5.60 Å². The highest BCUT2D eigenvalue weighted by Gasteiger charge is 2.43. The number of aryl methyl sites for hydroxylation is 1. The molecule has 0 amide bonds. The molecule has 0 N–H and O–H groups in total. The van der Waals surface area contributed by atoms with Gasteiger partial charge in [0, 0.05) is 6.54 Å². The van der Waals surface area contributed by atoms with Crippen molar-refractivity contribution in [2.75, 3.05) is 31.7 Å². The largest absolute Gasteiger partial charge is 0.464 e. The third-order valence-corrected chi connectivity index (χ3v) is 4.86. The van der Waals surface area contributed by atoms with Crippen LogP contribution in [0.3, 0.4) is 0 Å². The van der Waals surface area contributed by atoms with Crippen molar-refractivity contribution in [3.63, 3.8) is 0 Å². The summed E-state index contributed by atoms with van der Waals surface area (Å²) >= 11 is 0.